The predicted molar refractivity (Wildman–Crippen MR) is 89.5 cm³/mol. The van der Waals surface area contributed by atoms with Gasteiger partial charge in [-0.05, 0) is 42.5 Å². The van der Waals surface area contributed by atoms with E-state index in [1.807, 2.05) is 25.1 Å². The normalized spacial score (nSPS) is 18.9. The third-order valence-corrected chi connectivity index (χ3v) is 4.03. The first-order valence-electron chi connectivity index (χ1n) is 8.17. The maximum atomic E-state index is 8.91. The van der Waals surface area contributed by atoms with E-state index in [-0.39, 0.29) is 6.61 Å². The van der Waals surface area contributed by atoms with Crippen molar-refractivity contribution in [2.24, 2.45) is 0 Å². The molecule has 0 spiro atoms. The summed E-state index contributed by atoms with van der Waals surface area (Å²) in [6.07, 6.45) is 3.19. The SMILES string of the molecule is C/C=C\OCCN1CCc2ccc(OCC(O)O)cc2C(C)C1. The van der Waals surface area contributed by atoms with Gasteiger partial charge < -0.3 is 19.7 Å². The number of rotatable bonds is 7. The second kappa shape index (κ2) is 8.91. The Morgan fingerprint density at radius 3 is 2.96 bits per heavy atom. The number of ether oxygens (including phenoxy) is 2. The Kier molecular flexibility index (Phi) is 6.89. The van der Waals surface area contributed by atoms with Crippen molar-refractivity contribution in [2.45, 2.75) is 32.5 Å². The van der Waals surface area contributed by atoms with E-state index in [0.29, 0.717) is 18.3 Å². The highest BCUT2D eigenvalue weighted by Gasteiger charge is 2.20. The highest BCUT2D eigenvalue weighted by atomic mass is 16.5. The van der Waals surface area contributed by atoms with Crippen LogP contribution in [0.4, 0.5) is 0 Å². The molecule has 5 nitrogen and oxygen atoms in total. The Labute approximate surface area is 138 Å². The molecule has 2 N–H and O–H groups in total. The molecule has 1 unspecified atom stereocenters. The fourth-order valence-corrected chi connectivity index (χ4v) is 2.92. The predicted octanol–water partition coefficient (Wildman–Crippen LogP) is 1.89. The van der Waals surface area contributed by atoms with Gasteiger partial charge in [-0.25, -0.2) is 0 Å². The highest BCUT2D eigenvalue weighted by Crippen LogP contribution is 2.29. The summed E-state index contributed by atoms with van der Waals surface area (Å²) in [4.78, 5) is 2.42. The molecule has 1 aromatic carbocycles. The summed E-state index contributed by atoms with van der Waals surface area (Å²) >= 11 is 0. The minimum atomic E-state index is -1.45. The minimum absolute atomic E-state index is 0.110. The quantitative estimate of drug-likeness (QED) is 0.456. The monoisotopic (exact) mass is 321 g/mol. The number of aliphatic hydroxyl groups excluding tert-OH is 1. The van der Waals surface area contributed by atoms with Crippen molar-refractivity contribution >= 4 is 0 Å². The molecule has 1 aliphatic heterocycles. The second-order valence-corrected chi connectivity index (χ2v) is 5.94. The van der Waals surface area contributed by atoms with Crippen molar-refractivity contribution in [2.75, 3.05) is 32.8 Å². The number of benzene rings is 1. The van der Waals surface area contributed by atoms with Crippen LogP contribution in [0.2, 0.25) is 0 Å². The van der Waals surface area contributed by atoms with Crippen LogP contribution in [0.1, 0.15) is 30.9 Å². The van der Waals surface area contributed by atoms with E-state index in [0.717, 1.165) is 26.1 Å². The van der Waals surface area contributed by atoms with Gasteiger partial charge in [0.05, 0.1) is 12.9 Å². The summed E-state index contributed by atoms with van der Waals surface area (Å²) < 4.78 is 10.8. The number of nitrogens with zero attached hydrogens (tertiary/aromatic N) is 1. The fourth-order valence-electron chi connectivity index (χ4n) is 2.92. The number of fused-ring (bicyclic) bond motifs is 1. The molecule has 2 rings (SSSR count). The van der Waals surface area contributed by atoms with E-state index in [1.54, 1.807) is 6.26 Å². The zero-order chi connectivity index (χ0) is 16.7. The van der Waals surface area contributed by atoms with Gasteiger partial charge in [0.15, 0.2) is 6.29 Å². The summed E-state index contributed by atoms with van der Waals surface area (Å²) in [6, 6.07) is 6.02. The molecule has 0 aliphatic carbocycles. The third-order valence-electron chi connectivity index (χ3n) is 4.03. The van der Waals surface area contributed by atoms with Crippen molar-refractivity contribution < 1.29 is 19.7 Å². The lowest BCUT2D eigenvalue weighted by molar-refractivity contribution is -0.0680. The van der Waals surface area contributed by atoms with Gasteiger partial charge in [0.1, 0.15) is 12.4 Å². The van der Waals surface area contributed by atoms with E-state index >= 15 is 0 Å². The third kappa shape index (κ3) is 5.53. The zero-order valence-electron chi connectivity index (χ0n) is 13.9. The lowest BCUT2D eigenvalue weighted by Crippen LogP contribution is -2.30. The molecule has 0 amide bonds. The number of hydrogen-bond acceptors (Lipinski definition) is 5. The van der Waals surface area contributed by atoms with Gasteiger partial charge in [-0.1, -0.05) is 19.1 Å². The van der Waals surface area contributed by atoms with Crippen LogP contribution in [0.15, 0.2) is 30.5 Å². The van der Waals surface area contributed by atoms with Crippen molar-refractivity contribution in [3.8, 4) is 5.75 Å². The average molecular weight is 321 g/mol. The van der Waals surface area contributed by atoms with Gasteiger partial charge in [-0.15, -0.1) is 0 Å². The molecule has 128 valence electrons. The lowest BCUT2D eigenvalue weighted by Gasteiger charge is -2.22. The Hall–Kier alpha value is -1.56. The molecule has 0 fully saturated rings. The van der Waals surface area contributed by atoms with Crippen LogP contribution in [-0.2, 0) is 11.2 Å². The summed E-state index contributed by atoms with van der Waals surface area (Å²) in [5.41, 5.74) is 2.62. The first kappa shape index (κ1) is 17.8. The Bertz CT molecular complexity index is 516. The lowest BCUT2D eigenvalue weighted by atomic mass is 9.95. The van der Waals surface area contributed by atoms with E-state index in [9.17, 15) is 0 Å². The van der Waals surface area contributed by atoms with Crippen LogP contribution >= 0.6 is 0 Å². The molecule has 1 aliphatic rings. The summed E-state index contributed by atoms with van der Waals surface area (Å²) in [5.74, 6) is 1.09. The molecule has 1 heterocycles. The van der Waals surface area contributed by atoms with Crippen LogP contribution in [0, 0.1) is 0 Å². The van der Waals surface area contributed by atoms with Gasteiger partial charge in [-0.2, -0.15) is 0 Å². The standard InChI is InChI=1S/C18H27NO4/c1-3-9-22-10-8-19-7-6-15-4-5-16(23-13-18(20)21)11-17(15)14(2)12-19/h3-5,9,11,14,18,20-21H,6-8,10,12-13H2,1-2H3/b9-3-. The van der Waals surface area contributed by atoms with E-state index in [1.165, 1.54) is 11.1 Å². The van der Waals surface area contributed by atoms with E-state index in [2.05, 4.69) is 17.9 Å². The van der Waals surface area contributed by atoms with Crippen molar-refractivity contribution in [3.05, 3.63) is 41.7 Å². The van der Waals surface area contributed by atoms with Gasteiger partial charge in [-0.3, -0.25) is 4.90 Å². The smallest absolute Gasteiger partial charge is 0.186 e. The first-order valence-corrected chi connectivity index (χ1v) is 8.17. The van der Waals surface area contributed by atoms with Crippen LogP contribution in [0.3, 0.4) is 0 Å². The summed E-state index contributed by atoms with van der Waals surface area (Å²) in [7, 11) is 0. The fraction of sp³-hybridized carbons (Fsp3) is 0.556. The number of aliphatic hydroxyl groups is 2. The molecular formula is C18H27NO4. The maximum absolute atomic E-state index is 8.91. The van der Waals surface area contributed by atoms with Crippen molar-refractivity contribution in [3.63, 3.8) is 0 Å². The van der Waals surface area contributed by atoms with Crippen LogP contribution in [0.5, 0.6) is 5.75 Å². The molecule has 1 atom stereocenters. The Morgan fingerprint density at radius 2 is 2.22 bits per heavy atom. The molecule has 0 saturated heterocycles. The van der Waals surface area contributed by atoms with E-state index in [4.69, 9.17) is 19.7 Å². The zero-order valence-corrected chi connectivity index (χ0v) is 13.9. The minimum Gasteiger partial charge on any atom is -0.500 e. The van der Waals surface area contributed by atoms with Crippen LogP contribution < -0.4 is 4.74 Å². The van der Waals surface area contributed by atoms with Gasteiger partial charge in [0.25, 0.3) is 0 Å². The molecule has 0 saturated carbocycles. The average Bonchev–Trinajstić information content (AvgIpc) is 2.69. The second-order valence-electron chi connectivity index (χ2n) is 5.94. The van der Waals surface area contributed by atoms with Gasteiger partial charge in [0, 0.05) is 19.6 Å². The first-order chi connectivity index (χ1) is 11.1. The van der Waals surface area contributed by atoms with Crippen molar-refractivity contribution in [1.29, 1.82) is 0 Å². The highest BCUT2D eigenvalue weighted by molar-refractivity contribution is 5.39. The summed E-state index contributed by atoms with van der Waals surface area (Å²) in [6.45, 7) is 7.68. The Morgan fingerprint density at radius 1 is 1.39 bits per heavy atom. The molecule has 0 bridgehead atoms. The van der Waals surface area contributed by atoms with Gasteiger partial charge >= 0.3 is 0 Å². The molecule has 1 aromatic rings. The van der Waals surface area contributed by atoms with E-state index < -0.39 is 6.29 Å². The largest absolute Gasteiger partial charge is 0.500 e. The Balaban J connectivity index is 1.97. The molecular weight excluding hydrogens is 294 g/mol. The molecule has 23 heavy (non-hydrogen) atoms. The maximum Gasteiger partial charge on any atom is 0.186 e. The number of allylic oxidation sites excluding steroid dienone is 1. The van der Waals surface area contributed by atoms with Crippen LogP contribution in [-0.4, -0.2) is 54.3 Å². The van der Waals surface area contributed by atoms with Crippen LogP contribution in [0.25, 0.3) is 0 Å². The summed E-state index contributed by atoms with van der Waals surface area (Å²) in [5, 5.41) is 17.8. The van der Waals surface area contributed by atoms with Gasteiger partial charge in [0.2, 0.25) is 0 Å². The number of hydrogen-bond donors (Lipinski definition) is 2. The molecule has 0 aromatic heterocycles. The topological polar surface area (TPSA) is 62.2 Å². The molecule has 5 heteroatoms. The molecule has 0 radical (unpaired) electrons. The van der Waals surface area contributed by atoms with Crippen molar-refractivity contribution in [1.82, 2.24) is 4.90 Å².